The van der Waals surface area contributed by atoms with Gasteiger partial charge in [0.15, 0.2) is 5.16 Å². The standard InChI is InChI=1S/C12H11Cl2N5OS/c13-8-1-2-9(15-7-8)21-12-17-10(14)16-11(18-12)19-3-5-20-6-4-19/h1-2,7H,3-6H2. The third-order valence-corrected chi connectivity index (χ3v) is 3.97. The van der Waals surface area contributed by atoms with Crippen molar-refractivity contribution in [2.75, 3.05) is 31.2 Å². The highest BCUT2D eigenvalue weighted by Crippen LogP contribution is 2.26. The Morgan fingerprint density at radius 2 is 1.90 bits per heavy atom. The summed E-state index contributed by atoms with van der Waals surface area (Å²) >= 11 is 13.1. The first-order chi connectivity index (χ1) is 10.2. The molecule has 6 nitrogen and oxygen atoms in total. The van der Waals surface area contributed by atoms with Crippen LogP contribution in [0.2, 0.25) is 10.3 Å². The lowest BCUT2D eigenvalue weighted by Gasteiger charge is -2.26. The number of anilines is 1. The van der Waals surface area contributed by atoms with Crippen LogP contribution in [0.25, 0.3) is 0 Å². The average Bonchev–Trinajstić information content (AvgIpc) is 2.50. The van der Waals surface area contributed by atoms with E-state index in [1.165, 1.54) is 11.8 Å². The van der Waals surface area contributed by atoms with E-state index in [4.69, 9.17) is 27.9 Å². The lowest BCUT2D eigenvalue weighted by atomic mass is 10.4. The lowest BCUT2D eigenvalue weighted by Crippen LogP contribution is -2.37. The van der Waals surface area contributed by atoms with Gasteiger partial charge in [-0.05, 0) is 35.5 Å². The molecule has 2 aromatic rings. The number of aromatic nitrogens is 4. The molecule has 0 N–H and O–H groups in total. The molecule has 0 unspecified atom stereocenters. The third kappa shape index (κ3) is 3.94. The number of hydrogen-bond donors (Lipinski definition) is 0. The van der Waals surface area contributed by atoms with Gasteiger partial charge >= 0.3 is 0 Å². The van der Waals surface area contributed by atoms with Gasteiger partial charge in [0.2, 0.25) is 11.2 Å². The molecular weight excluding hydrogens is 333 g/mol. The highest BCUT2D eigenvalue weighted by atomic mass is 35.5. The predicted octanol–water partition coefficient (Wildman–Crippen LogP) is 2.56. The molecule has 0 aromatic carbocycles. The highest BCUT2D eigenvalue weighted by molar-refractivity contribution is 7.99. The van der Waals surface area contributed by atoms with Crippen molar-refractivity contribution in [2.45, 2.75) is 10.2 Å². The topological polar surface area (TPSA) is 64.0 Å². The van der Waals surface area contributed by atoms with Crippen LogP contribution in [0.1, 0.15) is 0 Å². The van der Waals surface area contributed by atoms with E-state index in [-0.39, 0.29) is 5.28 Å². The Hall–Kier alpha value is -1.15. The molecule has 9 heteroatoms. The minimum atomic E-state index is 0.169. The summed E-state index contributed by atoms with van der Waals surface area (Å²) in [7, 11) is 0. The zero-order chi connectivity index (χ0) is 14.7. The van der Waals surface area contributed by atoms with Gasteiger partial charge in [0, 0.05) is 19.3 Å². The van der Waals surface area contributed by atoms with Crippen molar-refractivity contribution in [3.05, 3.63) is 28.6 Å². The van der Waals surface area contributed by atoms with Gasteiger partial charge in [-0.2, -0.15) is 15.0 Å². The maximum atomic E-state index is 5.99. The quantitative estimate of drug-likeness (QED) is 0.848. The van der Waals surface area contributed by atoms with Crippen LogP contribution < -0.4 is 4.90 Å². The maximum absolute atomic E-state index is 5.99. The summed E-state index contributed by atoms with van der Waals surface area (Å²) in [4.78, 5) is 18.9. The number of rotatable bonds is 3. The van der Waals surface area contributed by atoms with Crippen LogP contribution >= 0.6 is 35.0 Å². The molecule has 1 fully saturated rings. The third-order valence-electron chi connectivity index (χ3n) is 2.77. The van der Waals surface area contributed by atoms with Crippen molar-refractivity contribution < 1.29 is 4.74 Å². The summed E-state index contributed by atoms with van der Waals surface area (Å²) in [6, 6.07) is 3.57. The second-order valence-corrected chi connectivity index (χ2v) is 5.97. The molecule has 0 atom stereocenters. The molecule has 1 aliphatic rings. The maximum Gasteiger partial charge on any atom is 0.230 e. The largest absolute Gasteiger partial charge is 0.378 e. The average molecular weight is 344 g/mol. The minimum absolute atomic E-state index is 0.169. The molecule has 0 spiro atoms. The normalized spacial score (nSPS) is 15.2. The van der Waals surface area contributed by atoms with Crippen LogP contribution in [0.15, 0.2) is 28.5 Å². The van der Waals surface area contributed by atoms with Gasteiger partial charge in [-0.3, -0.25) is 0 Å². The van der Waals surface area contributed by atoms with E-state index in [1.807, 2.05) is 4.90 Å². The van der Waals surface area contributed by atoms with Gasteiger partial charge in [0.1, 0.15) is 5.03 Å². The van der Waals surface area contributed by atoms with Crippen molar-refractivity contribution in [2.24, 2.45) is 0 Å². The summed E-state index contributed by atoms with van der Waals surface area (Å²) in [6.45, 7) is 2.79. The molecule has 0 bridgehead atoms. The molecule has 1 saturated heterocycles. The van der Waals surface area contributed by atoms with Crippen molar-refractivity contribution in [1.29, 1.82) is 0 Å². The summed E-state index contributed by atoms with van der Waals surface area (Å²) in [6.07, 6.45) is 1.58. The molecular formula is C12H11Cl2N5OS. The van der Waals surface area contributed by atoms with Gasteiger partial charge < -0.3 is 9.64 Å². The number of morpholine rings is 1. The fraction of sp³-hybridized carbons (Fsp3) is 0.333. The van der Waals surface area contributed by atoms with Gasteiger partial charge in [0.05, 0.1) is 18.2 Å². The molecule has 0 saturated carbocycles. The van der Waals surface area contributed by atoms with Crippen LogP contribution in [-0.2, 0) is 4.74 Å². The number of pyridine rings is 1. The molecule has 0 aliphatic carbocycles. The number of halogens is 2. The SMILES string of the molecule is Clc1ccc(Sc2nc(Cl)nc(N3CCOCC3)n2)nc1. The zero-order valence-corrected chi connectivity index (χ0v) is 13.2. The van der Waals surface area contributed by atoms with Gasteiger partial charge in [0.25, 0.3) is 0 Å². The van der Waals surface area contributed by atoms with Crippen molar-refractivity contribution >= 4 is 40.9 Å². The summed E-state index contributed by atoms with van der Waals surface area (Å²) in [5.74, 6) is 0.565. The van der Waals surface area contributed by atoms with Crippen LogP contribution in [0.3, 0.4) is 0 Å². The molecule has 3 rings (SSSR count). The Morgan fingerprint density at radius 3 is 2.62 bits per heavy atom. The first-order valence-electron chi connectivity index (χ1n) is 6.24. The molecule has 2 aromatic heterocycles. The molecule has 1 aliphatic heterocycles. The molecule has 0 amide bonds. The first-order valence-corrected chi connectivity index (χ1v) is 7.81. The fourth-order valence-corrected chi connectivity index (χ4v) is 2.79. The minimum Gasteiger partial charge on any atom is -0.378 e. The molecule has 21 heavy (non-hydrogen) atoms. The van der Waals surface area contributed by atoms with E-state index < -0.39 is 0 Å². The summed E-state index contributed by atoms with van der Waals surface area (Å²) < 4.78 is 5.31. The van der Waals surface area contributed by atoms with Gasteiger partial charge in [-0.25, -0.2) is 4.98 Å². The zero-order valence-electron chi connectivity index (χ0n) is 10.9. The van der Waals surface area contributed by atoms with E-state index in [1.54, 1.807) is 18.3 Å². The summed E-state index contributed by atoms with van der Waals surface area (Å²) in [5, 5.41) is 2.01. The van der Waals surface area contributed by atoms with Crippen LogP contribution in [-0.4, -0.2) is 46.2 Å². The number of nitrogens with zero attached hydrogens (tertiary/aromatic N) is 5. The number of ether oxygens (including phenoxy) is 1. The molecule has 110 valence electrons. The first kappa shape index (κ1) is 14.8. The van der Waals surface area contributed by atoms with Crippen LogP contribution in [0, 0.1) is 0 Å². The Kier molecular flexibility index (Phi) is 4.74. The van der Waals surface area contributed by atoms with Crippen molar-refractivity contribution in [3.8, 4) is 0 Å². The monoisotopic (exact) mass is 343 g/mol. The highest BCUT2D eigenvalue weighted by Gasteiger charge is 2.16. The Balaban J connectivity index is 1.81. The molecule has 3 heterocycles. The number of hydrogen-bond acceptors (Lipinski definition) is 7. The summed E-state index contributed by atoms with van der Waals surface area (Å²) in [5.41, 5.74) is 0. The molecule has 0 radical (unpaired) electrons. The second-order valence-electron chi connectivity index (χ2n) is 4.20. The van der Waals surface area contributed by atoms with Gasteiger partial charge in [-0.1, -0.05) is 11.6 Å². The Labute approximate surface area is 135 Å². The Bertz CT molecular complexity index is 622. The van der Waals surface area contributed by atoms with E-state index in [0.717, 1.165) is 18.1 Å². The van der Waals surface area contributed by atoms with Crippen LogP contribution in [0.4, 0.5) is 5.95 Å². The van der Waals surface area contributed by atoms with Gasteiger partial charge in [-0.15, -0.1) is 0 Å². The van der Waals surface area contributed by atoms with E-state index in [9.17, 15) is 0 Å². The van der Waals surface area contributed by atoms with E-state index >= 15 is 0 Å². The fourth-order valence-electron chi connectivity index (χ4n) is 1.79. The van der Waals surface area contributed by atoms with Crippen molar-refractivity contribution in [1.82, 2.24) is 19.9 Å². The smallest absolute Gasteiger partial charge is 0.230 e. The van der Waals surface area contributed by atoms with E-state index in [0.29, 0.717) is 29.3 Å². The van der Waals surface area contributed by atoms with E-state index in [2.05, 4.69) is 19.9 Å². The second kappa shape index (κ2) is 6.74. The lowest BCUT2D eigenvalue weighted by molar-refractivity contribution is 0.122. The Morgan fingerprint density at radius 1 is 1.10 bits per heavy atom. The van der Waals surface area contributed by atoms with Crippen molar-refractivity contribution in [3.63, 3.8) is 0 Å². The predicted molar refractivity (Wildman–Crippen MR) is 81.2 cm³/mol. The van der Waals surface area contributed by atoms with Crippen LogP contribution in [0.5, 0.6) is 0 Å².